The van der Waals surface area contributed by atoms with Gasteiger partial charge in [-0.25, -0.2) is 9.78 Å². The first-order valence-corrected chi connectivity index (χ1v) is 11.2. The van der Waals surface area contributed by atoms with Crippen LogP contribution in [0.15, 0.2) is 54.1 Å². The third-order valence-electron chi connectivity index (χ3n) is 5.35. The number of hydrogen-bond acceptors (Lipinski definition) is 8. The monoisotopic (exact) mass is 498 g/mol. The van der Waals surface area contributed by atoms with Crippen molar-refractivity contribution in [1.29, 1.82) is 0 Å². The second kappa shape index (κ2) is 9.28. The number of aryl methyl sites for hydroxylation is 1. The van der Waals surface area contributed by atoms with Crippen LogP contribution in [0.1, 0.15) is 32.5 Å². The van der Waals surface area contributed by atoms with Gasteiger partial charge in [-0.3, -0.25) is 14.5 Å². The van der Waals surface area contributed by atoms with Crippen molar-refractivity contribution >= 4 is 51.5 Å². The van der Waals surface area contributed by atoms with Crippen LogP contribution < -0.4 is 9.64 Å². The Bertz CT molecular complexity index is 1330. The Morgan fingerprint density at radius 2 is 1.85 bits per heavy atom. The molecule has 8 nitrogen and oxygen atoms in total. The molecule has 0 saturated carbocycles. The maximum absolute atomic E-state index is 13.2. The zero-order chi connectivity index (χ0) is 24.6. The maximum atomic E-state index is 13.2. The van der Waals surface area contributed by atoms with Gasteiger partial charge in [0, 0.05) is 5.56 Å². The molecule has 1 fully saturated rings. The molecule has 10 heteroatoms. The minimum absolute atomic E-state index is 0.120. The lowest BCUT2D eigenvalue weighted by molar-refractivity contribution is -0.132. The van der Waals surface area contributed by atoms with Crippen molar-refractivity contribution in [3.63, 3.8) is 0 Å². The summed E-state index contributed by atoms with van der Waals surface area (Å²) in [4.78, 5) is 44.3. The molecule has 2 aromatic carbocycles. The summed E-state index contributed by atoms with van der Waals surface area (Å²) in [6.07, 6.45) is 0. The van der Waals surface area contributed by atoms with E-state index in [0.29, 0.717) is 17.0 Å². The number of rotatable bonds is 5. The first-order valence-electron chi connectivity index (χ1n) is 10.0. The number of Topliss-reactive ketones (excluding diaryl/α,β-unsaturated/α-hetero) is 1. The van der Waals surface area contributed by atoms with Gasteiger partial charge >= 0.3 is 11.9 Å². The van der Waals surface area contributed by atoms with Crippen LogP contribution in [-0.4, -0.2) is 42.0 Å². The number of aliphatic hydroxyl groups excluding tert-OH is 1. The number of halogens is 1. The molecule has 174 valence electrons. The molecule has 0 aliphatic carbocycles. The molecule has 1 atom stereocenters. The van der Waals surface area contributed by atoms with E-state index >= 15 is 0 Å². The van der Waals surface area contributed by atoms with E-state index in [1.807, 2.05) is 0 Å². The highest BCUT2D eigenvalue weighted by Gasteiger charge is 2.48. The molecular formula is C24H19ClN2O6S. The van der Waals surface area contributed by atoms with Crippen molar-refractivity contribution in [3.05, 3.63) is 80.8 Å². The Hall–Kier alpha value is -3.69. The van der Waals surface area contributed by atoms with Crippen molar-refractivity contribution in [2.75, 3.05) is 19.1 Å². The molecule has 1 aliphatic rings. The van der Waals surface area contributed by atoms with E-state index in [9.17, 15) is 19.5 Å². The van der Waals surface area contributed by atoms with Crippen molar-refractivity contribution in [3.8, 4) is 5.75 Å². The molecule has 0 spiro atoms. The number of carbonyl (C=O) groups is 3. The standard InChI is InChI=1S/C24H19ClN2O6S/c1-12-21(23(31)33-3)34-24(26-12)27-18(13-7-5-4-6-8-13)17(20(29)22(27)30)19(28)14-9-10-16(32-2)15(25)11-14/h4-11,18,28H,1-3H3/b19-17+. The van der Waals surface area contributed by atoms with Gasteiger partial charge in [-0.05, 0) is 30.7 Å². The lowest BCUT2D eigenvalue weighted by Crippen LogP contribution is -2.29. The van der Waals surface area contributed by atoms with E-state index in [0.717, 1.165) is 11.3 Å². The normalized spacial score (nSPS) is 17.2. The molecule has 1 aliphatic heterocycles. The van der Waals surface area contributed by atoms with E-state index in [2.05, 4.69) is 4.98 Å². The van der Waals surface area contributed by atoms with Crippen molar-refractivity contribution in [2.24, 2.45) is 0 Å². The SMILES string of the molecule is COC(=O)c1sc(N2C(=O)C(=O)/C(=C(/O)c3ccc(OC)c(Cl)c3)C2c2ccccc2)nc1C. The number of anilines is 1. The number of aromatic nitrogens is 1. The van der Waals surface area contributed by atoms with Gasteiger partial charge in [-0.1, -0.05) is 53.3 Å². The number of methoxy groups -OCH3 is 2. The topological polar surface area (TPSA) is 106 Å². The highest BCUT2D eigenvalue weighted by molar-refractivity contribution is 7.17. The van der Waals surface area contributed by atoms with Crippen LogP contribution in [0.5, 0.6) is 5.75 Å². The van der Waals surface area contributed by atoms with Crippen molar-refractivity contribution in [2.45, 2.75) is 13.0 Å². The van der Waals surface area contributed by atoms with Crippen LogP contribution in [0.4, 0.5) is 5.13 Å². The number of nitrogens with zero attached hydrogens (tertiary/aromatic N) is 2. The number of amides is 1. The van der Waals surface area contributed by atoms with Crippen LogP contribution in [0.25, 0.3) is 5.76 Å². The molecule has 4 rings (SSSR count). The van der Waals surface area contributed by atoms with E-state index in [-0.39, 0.29) is 31.9 Å². The van der Waals surface area contributed by atoms with Gasteiger partial charge in [0.1, 0.15) is 16.4 Å². The molecule has 0 bridgehead atoms. The highest BCUT2D eigenvalue weighted by atomic mass is 35.5. The molecule has 1 amide bonds. The molecule has 1 saturated heterocycles. The average molecular weight is 499 g/mol. The molecular weight excluding hydrogens is 480 g/mol. The fourth-order valence-corrected chi connectivity index (χ4v) is 4.99. The van der Waals surface area contributed by atoms with Gasteiger partial charge in [-0.2, -0.15) is 0 Å². The maximum Gasteiger partial charge on any atom is 0.350 e. The van der Waals surface area contributed by atoms with Gasteiger partial charge in [0.15, 0.2) is 5.13 Å². The summed E-state index contributed by atoms with van der Waals surface area (Å²) in [5.74, 6) is -2.35. The summed E-state index contributed by atoms with van der Waals surface area (Å²) in [6, 6.07) is 12.3. The fourth-order valence-electron chi connectivity index (χ4n) is 3.72. The zero-order valence-corrected chi connectivity index (χ0v) is 19.9. The van der Waals surface area contributed by atoms with E-state index in [4.69, 9.17) is 21.1 Å². The summed E-state index contributed by atoms with van der Waals surface area (Å²) >= 11 is 7.15. The van der Waals surface area contributed by atoms with Crippen molar-refractivity contribution < 1.29 is 29.0 Å². The smallest absolute Gasteiger partial charge is 0.350 e. The predicted octanol–water partition coefficient (Wildman–Crippen LogP) is 4.53. The van der Waals surface area contributed by atoms with Crippen LogP contribution in [0.3, 0.4) is 0 Å². The van der Waals surface area contributed by atoms with Gasteiger partial charge in [0.25, 0.3) is 5.78 Å². The van der Waals surface area contributed by atoms with Gasteiger partial charge in [-0.15, -0.1) is 0 Å². The quantitative estimate of drug-likeness (QED) is 0.238. The molecule has 3 aromatic rings. The lowest BCUT2D eigenvalue weighted by Gasteiger charge is -2.23. The summed E-state index contributed by atoms with van der Waals surface area (Å²) in [6.45, 7) is 1.61. The Morgan fingerprint density at radius 3 is 2.47 bits per heavy atom. The van der Waals surface area contributed by atoms with Crippen LogP contribution in [0, 0.1) is 6.92 Å². The van der Waals surface area contributed by atoms with Gasteiger partial charge in [0.2, 0.25) is 0 Å². The Labute approximate surface area is 204 Å². The van der Waals surface area contributed by atoms with Crippen molar-refractivity contribution in [1.82, 2.24) is 4.98 Å². The van der Waals surface area contributed by atoms with Gasteiger partial charge < -0.3 is 14.6 Å². The Kier molecular flexibility index (Phi) is 6.41. The van der Waals surface area contributed by atoms with Crippen LogP contribution >= 0.6 is 22.9 Å². The molecule has 1 aromatic heterocycles. The summed E-state index contributed by atoms with van der Waals surface area (Å²) in [7, 11) is 2.71. The van der Waals surface area contributed by atoms with Crippen LogP contribution in [-0.2, 0) is 14.3 Å². The predicted molar refractivity (Wildman–Crippen MR) is 127 cm³/mol. The molecule has 1 unspecified atom stereocenters. The number of aliphatic hydroxyl groups is 1. The molecule has 0 radical (unpaired) electrons. The summed E-state index contributed by atoms with van der Waals surface area (Å²) in [5.41, 5.74) is 1.07. The van der Waals surface area contributed by atoms with E-state index in [1.54, 1.807) is 49.4 Å². The Morgan fingerprint density at radius 1 is 1.15 bits per heavy atom. The van der Waals surface area contributed by atoms with E-state index < -0.39 is 23.7 Å². The minimum Gasteiger partial charge on any atom is -0.507 e. The fraction of sp³-hybridized carbons (Fsp3) is 0.167. The largest absolute Gasteiger partial charge is 0.507 e. The average Bonchev–Trinajstić information content (AvgIpc) is 3.35. The summed E-state index contributed by atoms with van der Waals surface area (Å²) in [5, 5.41) is 11.5. The number of ether oxygens (including phenoxy) is 2. The molecule has 1 N–H and O–H groups in total. The van der Waals surface area contributed by atoms with E-state index in [1.165, 1.54) is 25.2 Å². The second-order valence-corrected chi connectivity index (χ2v) is 8.72. The first kappa shape index (κ1) is 23.5. The molecule has 34 heavy (non-hydrogen) atoms. The second-order valence-electron chi connectivity index (χ2n) is 7.33. The number of thiazole rings is 1. The Balaban J connectivity index is 1.92. The first-order chi connectivity index (χ1) is 16.3. The highest BCUT2D eigenvalue weighted by Crippen LogP contribution is 2.44. The number of carbonyl (C=O) groups excluding carboxylic acids is 3. The minimum atomic E-state index is -0.974. The number of hydrogen-bond donors (Lipinski definition) is 1. The number of esters is 1. The number of benzene rings is 2. The molecule has 2 heterocycles. The van der Waals surface area contributed by atoms with Gasteiger partial charge in [0.05, 0.1) is 36.6 Å². The summed E-state index contributed by atoms with van der Waals surface area (Å²) < 4.78 is 9.94. The zero-order valence-electron chi connectivity index (χ0n) is 18.4. The third-order valence-corrected chi connectivity index (χ3v) is 6.78. The third kappa shape index (κ3) is 3.93. The van der Waals surface area contributed by atoms with Crippen LogP contribution in [0.2, 0.25) is 5.02 Å². The number of ketones is 1. The lowest BCUT2D eigenvalue weighted by atomic mass is 9.95.